The first-order valence-electron chi connectivity index (χ1n) is 4.22. The van der Waals surface area contributed by atoms with Crippen LogP contribution in [0.1, 0.15) is 6.42 Å². The van der Waals surface area contributed by atoms with Gasteiger partial charge in [0.15, 0.2) is 0 Å². The van der Waals surface area contributed by atoms with Gasteiger partial charge >= 0.3 is 5.97 Å². The van der Waals surface area contributed by atoms with E-state index in [9.17, 15) is 14.4 Å². The first kappa shape index (κ1) is 11.0. The molecule has 0 spiro atoms. The largest absolute Gasteiger partial charge is 0.454 e. The Bertz CT molecular complexity index is 377. The molecule has 5 nitrogen and oxygen atoms in total. The number of imide groups is 1. The maximum Gasteiger partial charge on any atom is 0.384 e. The Balaban J connectivity index is 2.43. The van der Waals surface area contributed by atoms with E-state index in [1.165, 1.54) is 0 Å². The Labute approximate surface area is 86.7 Å². The number of esters is 1. The molecule has 1 fully saturated rings. The smallest absolute Gasteiger partial charge is 0.384 e. The highest BCUT2D eigenvalue weighted by Gasteiger charge is 2.31. The van der Waals surface area contributed by atoms with Crippen molar-refractivity contribution in [2.45, 2.75) is 6.42 Å². The Morgan fingerprint density at radius 2 is 2.27 bits per heavy atom. The average molecular weight is 207 g/mol. The number of carbonyl (C=O) groups excluding carboxylic acids is 3. The first-order chi connectivity index (χ1) is 7.06. The van der Waals surface area contributed by atoms with Gasteiger partial charge in [0.25, 0.3) is 5.91 Å². The third-order valence-electron chi connectivity index (χ3n) is 1.88. The Kier molecular flexibility index (Phi) is 3.24. The van der Waals surface area contributed by atoms with E-state index in [0.29, 0.717) is 0 Å². The van der Waals surface area contributed by atoms with Crippen LogP contribution >= 0.6 is 0 Å². The lowest BCUT2D eigenvalue weighted by Gasteiger charge is -2.12. The normalized spacial score (nSPS) is 15.4. The fourth-order valence-corrected chi connectivity index (χ4v) is 1.16. The van der Waals surface area contributed by atoms with Crippen LogP contribution in [0.2, 0.25) is 0 Å². The summed E-state index contributed by atoms with van der Waals surface area (Å²) in [4.78, 5) is 34.0. The predicted molar refractivity (Wildman–Crippen MR) is 50.3 cm³/mol. The SMILES string of the molecule is C#CC(=O)OCCN1C(=O)CC(=C)C1=O. The zero-order chi connectivity index (χ0) is 11.4. The number of likely N-dealkylation sites (tertiary alicyclic amines) is 1. The number of hydrogen-bond donors (Lipinski definition) is 0. The lowest BCUT2D eigenvalue weighted by Crippen LogP contribution is -2.33. The minimum Gasteiger partial charge on any atom is -0.454 e. The molecule has 2 amide bonds. The van der Waals surface area contributed by atoms with Gasteiger partial charge in [0.1, 0.15) is 6.61 Å². The number of ether oxygens (including phenoxy) is 1. The third-order valence-corrected chi connectivity index (χ3v) is 1.88. The lowest BCUT2D eigenvalue weighted by molar-refractivity contribution is -0.143. The van der Waals surface area contributed by atoms with E-state index in [2.05, 4.69) is 11.3 Å². The molecule has 1 heterocycles. The van der Waals surface area contributed by atoms with Crippen LogP contribution < -0.4 is 0 Å². The summed E-state index contributed by atoms with van der Waals surface area (Å²) in [5.74, 6) is 0.191. The van der Waals surface area contributed by atoms with Gasteiger partial charge in [0.2, 0.25) is 5.91 Å². The van der Waals surface area contributed by atoms with Crippen LogP contribution in [0.3, 0.4) is 0 Å². The number of carbonyl (C=O) groups is 3. The van der Waals surface area contributed by atoms with Gasteiger partial charge in [-0.05, 0) is 0 Å². The molecule has 0 radical (unpaired) electrons. The van der Waals surface area contributed by atoms with Crippen molar-refractivity contribution < 1.29 is 19.1 Å². The van der Waals surface area contributed by atoms with Crippen molar-refractivity contribution in [2.24, 2.45) is 0 Å². The second-order valence-electron chi connectivity index (χ2n) is 2.91. The number of amides is 2. The van der Waals surface area contributed by atoms with Crippen LogP contribution in [0.15, 0.2) is 12.2 Å². The molecule has 0 bridgehead atoms. The summed E-state index contributed by atoms with van der Waals surface area (Å²) in [6.45, 7) is 3.37. The number of nitrogens with zero attached hydrogens (tertiary/aromatic N) is 1. The van der Waals surface area contributed by atoms with E-state index in [0.717, 1.165) is 4.90 Å². The zero-order valence-corrected chi connectivity index (χ0v) is 7.99. The molecule has 1 aliphatic rings. The summed E-state index contributed by atoms with van der Waals surface area (Å²) in [5.41, 5.74) is 0.253. The molecule has 1 rings (SSSR count). The molecule has 0 aliphatic carbocycles. The van der Waals surface area contributed by atoms with E-state index in [4.69, 9.17) is 6.42 Å². The molecule has 0 saturated carbocycles. The van der Waals surface area contributed by atoms with Crippen LogP contribution in [-0.4, -0.2) is 35.8 Å². The number of rotatable bonds is 3. The van der Waals surface area contributed by atoms with E-state index in [1.807, 2.05) is 0 Å². The fourth-order valence-electron chi connectivity index (χ4n) is 1.16. The van der Waals surface area contributed by atoms with Crippen LogP contribution in [0.4, 0.5) is 0 Å². The molecule has 5 heteroatoms. The van der Waals surface area contributed by atoms with Gasteiger partial charge in [-0.2, -0.15) is 0 Å². The van der Waals surface area contributed by atoms with Gasteiger partial charge in [0, 0.05) is 11.5 Å². The van der Waals surface area contributed by atoms with Gasteiger partial charge < -0.3 is 4.74 Å². The molecule has 0 N–H and O–H groups in total. The molecule has 0 aromatic carbocycles. The van der Waals surface area contributed by atoms with Crippen molar-refractivity contribution in [2.75, 3.05) is 13.2 Å². The third kappa shape index (κ3) is 2.44. The highest BCUT2D eigenvalue weighted by Crippen LogP contribution is 2.15. The van der Waals surface area contributed by atoms with Crippen molar-refractivity contribution in [3.05, 3.63) is 12.2 Å². The lowest BCUT2D eigenvalue weighted by atomic mass is 10.3. The van der Waals surface area contributed by atoms with Gasteiger partial charge in [-0.15, -0.1) is 6.42 Å². The Hall–Kier alpha value is -2.09. The van der Waals surface area contributed by atoms with E-state index < -0.39 is 11.9 Å². The van der Waals surface area contributed by atoms with Crippen molar-refractivity contribution >= 4 is 17.8 Å². The molecule has 1 aliphatic heterocycles. The monoisotopic (exact) mass is 207 g/mol. The molecule has 0 aromatic rings. The van der Waals surface area contributed by atoms with Crippen LogP contribution in [0.5, 0.6) is 0 Å². The van der Waals surface area contributed by atoms with Gasteiger partial charge in [-0.1, -0.05) is 6.58 Å². The highest BCUT2D eigenvalue weighted by atomic mass is 16.5. The number of hydrogen-bond acceptors (Lipinski definition) is 4. The maximum absolute atomic E-state index is 11.3. The molecule has 1 saturated heterocycles. The Morgan fingerprint density at radius 1 is 1.60 bits per heavy atom. The minimum absolute atomic E-state index is 0.0180. The van der Waals surface area contributed by atoms with Crippen molar-refractivity contribution in [1.82, 2.24) is 4.90 Å². The fraction of sp³-hybridized carbons (Fsp3) is 0.300. The standard InChI is InChI=1S/C10H9NO4/c1-3-9(13)15-5-4-11-8(12)6-7(2)10(11)14/h1H,2,4-6H2. The predicted octanol–water partition coefficient (Wildman–Crippen LogP) is -0.522. The summed E-state index contributed by atoms with van der Waals surface area (Å²) >= 11 is 0. The maximum atomic E-state index is 11.3. The summed E-state index contributed by atoms with van der Waals surface area (Å²) < 4.78 is 4.53. The van der Waals surface area contributed by atoms with Crippen molar-refractivity contribution in [3.63, 3.8) is 0 Å². The summed E-state index contributed by atoms with van der Waals surface area (Å²) in [6, 6.07) is 0. The van der Waals surface area contributed by atoms with Crippen molar-refractivity contribution in [1.29, 1.82) is 0 Å². The van der Waals surface area contributed by atoms with E-state index in [-0.39, 0.29) is 31.1 Å². The van der Waals surface area contributed by atoms with Gasteiger partial charge in [0.05, 0.1) is 13.0 Å². The van der Waals surface area contributed by atoms with Gasteiger partial charge in [-0.3, -0.25) is 14.5 Å². The topological polar surface area (TPSA) is 63.7 Å². The zero-order valence-electron chi connectivity index (χ0n) is 7.99. The quantitative estimate of drug-likeness (QED) is 0.205. The molecule has 0 aromatic heterocycles. The second kappa shape index (κ2) is 4.42. The van der Waals surface area contributed by atoms with E-state index in [1.54, 1.807) is 5.92 Å². The molecule has 0 atom stereocenters. The molecular weight excluding hydrogens is 198 g/mol. The van der Waals surface area contributed by atoms with Crippen molar-refractivity contribution in [3.8, 4) is 12.3 Å². The molecule has 78 valence electrons. The minimum atomic E-state index is -0.812. The molecule has 0 unspecified atom stereocenters. The molecular formula is C10H9NO4. The molecule has 15 heavy (non-hydrogen) atoms. The first-order valence-corrected chi connectivity index (χ1v) is 4.22. The highest BCUT2D eigenvalue weighted by molar-refractivity contribution is 6.12. The van der Waals surface area contributed by atoms with Gasteiger partial charge in [-0.25, -0.2) is 4.79 Å². The Morgan fingerprint density at radius 3 is 2.73 bits per heavy atom. The van der Waals surface area contributed by atoms with Crippen LogP contribution in [0.25, 0.3) is 0 Å². The van der Waals surface area contributed by atoms with Crippen LogP contribution in [0, 0.1) is 12.3 Å². The summed E-state index contributed by atoms with van der Waals surface area (Å²) in [5, 5.41) is 0. The van der Waals surface area contributed by atoms with Crippen LogP contribution in [-0.2, 0) is 19.1 Å². The second-order valence-corrected chi connectivity index (χ2v) is 2.91. The van der Waals surface area contributed by atoms with E-state index >= 15 is 0 Å². The number of terminal acetylenes is 1. The summed E-state index contributed by atoms with van der Waals surface area (Å²) in [6.07, 6.45) is 4.79. The average Bonchev–Trinajstić information content (AvgIpc) is 2.44. The summed E-state index contributed by atoms with van der Waals surface area (Å²) in [7, 11) is 0.